The molecule has 4 aromatic carbocycles. The zero-order valence-corrected chi connectivity index (χ0v) is 17.5. The highest BCUT2D eigenvalue weighted by Crippen LogP contribution is 2.21. The van der Waals surface area contributed by atoms with Gasteiger partial charge in [-0.15, -0.1) is 0 Å². The molecule has 0 heterocycles. The quantitative estimate of drug-likeness (QED) is 0.327. The standard InChI is InChI=1S/C27H23NO3/c1-18-7-13-23(14-8-18)28-27(30)26(31-24-15-9-19(2)10-16-24)25(29)22-12-11-20-5-3-4-6-21(20)17-22/h3-17,26H,1-2H3,(H,28,30). The molecule has 4 rings (SSSR count). The van der Waals surface area contributed by atoms with Crippen molar-refractivity contribution in [1.29, 1.82) is 0 Å². The van der Waals surface area contributed by atoms with Gasteiger partial charge in [0.1, 0.15) is 5.75 Å². The van der Waals surface area contributed by atoms with E-state index in [4.69, 9.17) is 4.74 Å². The van der Waals surface area contributed by atoms with Crippen LogP contribution in [-0.4, -0.2) is 17.8 Å². The predicted octanol–water partition coefficient (Wildman–Crippen LogP) is 5.73. The van der Waals surface area contributed by atoms with Crippen molar-refractivity contribution in [2.75, 3.05) is 5.32 Å². The van der Waals surface area contributed by atoms with E-state index < -0.39 is 17.8 Å². The van der Waals surface area contributed by atoms with Crippen molar-refractivity contribution in [3.63, 3.8) is 0 Å². The van der Waals surface area contributed by atoms with Crippen LogP contribution in [0.2, 0.25) is 0 Å². The fourth-order valence-electron chi connectivity index (χ4n) is 3.32. The third-order valence-electron chi connectivity index (χ3n) is 5.10. The number of aryl methyl sites for hydroxylation is 2. The van der Waals surface area contributed by atoms with Gasteiger partial charge < -0.3 is 10.1 Å². The van der Waals surface area contributed by atoms with Crippen LogP contribution in [0.4, 0.5) is 5.69 Å². The first kappa shape index (κ1) is 20.4. The molecule has 4 nitrogen and oxygen atoms in total. The highest BCUT2D eigenvalue weighted by molar-refractivity contribution is 6.17. The first-order chi connectivity index (χ1) is 15.0. The van der Waals surface area contributed by atoms with E-state index in [1.807, 2.05) is 68.4 Å². The van der Waals surface area contributed by atoms with Crippen LogP contribution in [0.1, 0.15) is 21.5 Å². The number of carbonyl (C=O) groups excluding carboxylic acids is 2. The lowest BCUT2D eigenvalue weighted by molar-refractivity contribution is -0.120. The first-order valence-corrected chi connectivity index (χ1v) is 10.1. The summed E-state index contributed by atoms with van der Waals surface area (Å²) in [6, 6.07) is 27.9. The Balaban J connectivity index is 1.65. The molecule has 154 valence electrons. The molecule has 0 spiro atoms. The normalized spacial score (nSPS) is 11.7. The molecule has 0 aliphatic heterocycles. The Hall–Kier alpha value is -3.92. The van der Waals surface area contributed by atoms with Crippen LogP contribution in [0, 0.1) is 13.8 Å². The maximum Gasteiger partial charge on any atom is 0.273 e. The Morgan fingerprint density at radius 3 is 2.03 bits per heavy atom. The van der Waals surface area contributed by atoms with Crippen molar-refractivity contribution >= 4 is 28.2 Å². The van der Waals surface area contributed by atoms with Gasteiger partial charge in [0.15, 0.2) is 0 Å². The molecular weight excluding hydrogens is 386 g/mol. The van der Waals surface area contributed by atoms with E-state index in [1.54, 1.807) is 36.4 Å². The van der Waals surface area contributed by atoms with Gasteiger partial charge in [0.2, 0.25) is 11.9 Å². The number of hydrogen-bond donors (Lipinski definition) is 1. The zero-order chi connectivity index (χ0) is 21.8. The lowest BCUT2D eigenvalue weighted by Crippen LogP contribution is -2.40. The molecule has 0 saturated carbocycles. The van der Waals surface area contributed by atoms with Crippen LogP contribution in [0.3, 0.4) is 0 Å². The predicted molar refractivity (Wildman–Crippen MR) is 124 cm³/mol. The maximum atomic E-state index is 13.4. The number of hydrogen-bond acceptors (Lipinski definition) is 3. The van der Waals surface area contributed by atoms with Gasteiger partial charge in [-0.3, -0.25) is 9.59 Å². The minimum Gasteiger partial charge on any atom is -0.472 e. The van der Waals surface area contributed by atoms with Crippen molar-refractivity contribution in [2.24, 2.45) is 0 Å². The molecule has 4 heteroatoms. The number of benzene rings is 4. The topological polar surface area (TPSA) is 55.4 Å². The third-order valence-corrected chi connectivity index (χ3v) is 5.10. The number of ether oxygens (including phenoxy) is 1. The highest BCUT2D eigenvalue weighted by Gasteiger charge is 2.30. The number of fused-ring (bicyclic) bond motifs is 1. The van der Waals surface area contributed by atoms with Crippen LogP contribution in [0.15, 0.2) is 91.0 Å². The summed E-state index contributed by atoms with van der Waals surface area (Å²) in [5, 5.41) is 4.76. The molecule has 0 aromatic heterocycles. The molecule has 31 heavy (non-hydrogen) atoms. The van der Waals surface area contributed by atoms with E-state index in [2.05, 4.69) is 5.32 Å². The monoisotopic (exact) mass is 409 g/mol. The number of nitrogens with one attached hydrogen (secondary N) is 1. The van der Waals surface area contributed by atoms with E-state index in [9.17, 15) is 9.59 Å². The molecule has 4 aromatic rings. The Morgan fingerprint density at radius 1 is 0.742 bits per heavy atom. The molecule has 1 N–H and O–H groups in total. The van der Waals surface area contributed by atoms with Gasteiger partial charge in [-0.2, -0.15) is 0 Å². The molecule has 0 bridgehead atoms. The fraction of sp³-hybridized carbons (Fsp3) is 0.111. The number of anilines is 1. The summed E-state index contributed by atoms with van der Waals surface area (Å²) in [5.74, 6) is -0.442. The highest BCUT2D eigenvalue weighted by atomic mass is 16.5. The average molecular weight is 409 g/mol. The maximum absolute atomic E-state index is 13.4. The SMILES string of the molecule is Cc1ccc(NC(=O)C(Oc2ccc(C)cc2)C(=O)c2ccc3ccccc3c2)cc1. The number of carbonyl (C=O) groups is 2. The second-order valence-corrected chi connectivity index (χ2v) is 7.59. The second-order valence-electron chi connectivity index (χ2n) is 7.59. The lowest BCUT2D eigenvalue weighted by atomic mass is 10.0. The molecule has 0 aliphatic rings. The fourth-order valence-corrected chi connectivity index (χ4v) is 3.32. The van der Waals surface area contributed by atoms with Crippen molar-refractivity contribution in [3.8, 4) is 5.75 Å². The Kier molecular flexibility index (Phi) is 5.80. The van der Waals surface area contributed by atoms with Crippen molar-refractivity contribution in [2.45, 2.75) is 20.0 Å². The van der Waals surface area contributed by atoms with Crippen LogP contribution in [0.25, 0.3) is 10.8 Å². The van der Waals surface area contributed by atoms with E-state index in [-0.39, 0.29) is 0 Å². The van der Waals surface area contributed by atoms with Crippen LogP contribution in [-0.2, 0) is 4.79 Å². The Labute approximate surface area is 181 Å². The molecule has 1 amide bonds. The van der Waals surface area contributed by atoms with E-state index >= 15 is 0 Å². The largest absolute Gasteiger partial charge is 0.472 e. The van der Waals surface area contributed by atoms with Crippen molar-refractivity contribution in [1.82, 2.24) is 0 Å². The van der Waals surface area contributed by atoms with Crippen LogP contribution >= 0.6 is 0 Å². The summed E-state index contributed by atoms with van der Waals surface area (Å²) in [6.07, 6.45) is -1.31. The number of Topliss-reactive ketones (excluding diaryl/α,β-unsaturated/α-hetero) is 1. The van der Waals surface area contributed by atoms with Gasteiger partial charge in [-0.25, -0.2) is 0 Å². The third kappa shape index (κ3) is 4.81. The molecule has 0 fully saturated rings. The van der Waals surface area contributed by atoms with Crippen molar-refractivity contribution < 1.29 is 14.3 Å². The molecule has 0 aliphatic carbocycles. The summed E-state index contributed by atoms with van der Waals surface area (Å²) in [4.78, 5) is 26.5. The number of ketones is 1. The summed E-state index contributed by atoms with van der Waals surface area (Å²) in [6.45, 7) is 3.93. The van der Waals surface area contributed by atoms with E-state index in [0.29, 0.717) is 17.0 Å². The van der Waals surface area contributed by atoms with E-state index in [1.165, 1.54) is 0 Å². The summed E-state index contributed by atoms with van der Waals surface area (Å²) < 4.78 is 5.89. The van der Waals surface area contributed by atoms with Gasteiger partial charge in [0.05, 0.1) is 0 Å². The summed E-state index contributed by atoms with van der Waals surface area (Å²) >= 11 is 0. The Morgan fingerprint density at radius 2 is 1.35 bits per heavy atom. The Bertz CT molecular complexity index is 1230. The average Bonchev–Trinajstić information content (AvgIpc) is 2.79. The lowest BCUT2D eigenvalue weighted by Gasteiger charge is -2.18. The zero-order valence-electron chi connectivity index (χ0n) is 17.5. The van der Waals surface area contributed by atoms with Crippen LogP contribution < -0.4 is 10.1 Å². The van der Waals surface area contributed by atoms with Gasteiger partial charge in [-0.05, 0) is 55.0 Å². The molecular formula is C27H23NO3. The van der Waals surface area contributed by atoms with E-state index in [0.717, 1.165) is 21.9 Å². The van der Waals surface area contributed by atoms with Gasteiger partial charge >= 0.3 is 0 Å². The van der Waals surface area contributed by atoms with Crippen molar-refractivity contribution in [3.05, 3.63) is 108 Å². The minimum atomic E-state index is -1.31. The molecule has 0 radical (unpaired) electrons. The number of amides is 1. The second kappa shape index (κ2) is 8.84. The van der Waals surface area contributed by atoms with Gasteiger partial charge in [0.25, 0.3) is 5.91 Å². The van der Waals surface area contributed by atoms with Gasteiger partial charge in [0, 0.05) is 11.3 Å². The summed E-state index contributed by atoms with van der Waals surface area (Å²) in [7, 11) is 0. The number of rotatable bonds is 6. The molecule has 1 atom stereocenters. The molecule has 1 unspecified atom stereocenters. The van der Waals surface area contributed by atoms with Gasteiger partial charge in [-0.1, -0.05) is 71.8 Å². The summed E-state index contributed by atoms with van der Waals surface area (Å²) in [5.41, 5.74) is 3.18. The minimum absolute atomic E-state index is 0.393. The smallest absolute Gasteiger partial charge is 0.273 e. The first-order valence-electron chi connectivity index (χ1n) is 10.1. The van der Waals surface area contributed by atoms with Crippen LogP contribution in [0.5, 0.6) is 5.75 Å². The molecule has 0 saturated heterocycles.